The van der Waals surface area contributed by atoms with E-state index in [1.54, 1.807) is 0 Å². The van der Waals surface area contributed by atoms with E-state index in [0.29, 0.717) is 5.92 Å². The highest BCUT2D eigenvalue weighted by Gasteiger charge is 2.25. The lowest BCUT2D eigenvalue weighted by Gasteiger charge is -2.27. The first kappa shape index (κ1) is 39.9. The molecule has 0 aliphatic heterocycles. The van der Waals surface area contributed by atoms with E-state index in [2.05, 4.69) is 228 Å². The van der Waals surface area contributed by atoms with Gasteiger partial charge in [-0.3, -0.25) is 0 Å². The van der Waals surface area contributed by atoms with Crippen molar-refractivity contribution in [3.63, 3.8) is 0 Å². The molecule has 306 valence electrons. The van der Waals surface area contributed by atoms with Crippen molar-refractivity contribution in [2.24, 2.45) is 0 Å². The van der Waals surface area contributed by atoms with Gasteiger partial charge in [0.25, 0.3) is 0 Å². The van der Waals surface area contributed by atoms with Crippen LogP contribution >= 0.6 is 0 Å². The van der Waals surface area contributed by atoms with Gasteiger partial charge in [0, 0.05) is 17.1 Å². The van der Waals surface area contributed by atoms with Gasteiger partial charge in [0.15, 0.2) is 0 Å². The number of rotatable bonds is 9. The highest BCUT2D eigenvalue weighted by atomic mass is 15.1. The van der Waals surface area contributed by atoms with Gasteiger partial charge in [0.05, 0.1) is 0 Å². The van der Waals surface area contributed by atoms with Gasteiger partial charge in [0.2, 0.25) is 0 Å². The summed E-state index contributed by atoms with van der Waals surface area (Å²) in [5.74, 6) is 0.440. The zero-order valence-corrected chi connectivity index (χ0v) is 37.0. The molecule has 0 atom stereocenters. The average Bonchev–Trinajstić information content (AvgIpc) is 3.68. The molecule has 0 heterocycles. The summed E-state index contributed by atoms with van der Waals surface area (Å²) in [4.78, 5) is 2.43. The number of anilines is 3. The van der Waals surface area contributed by atoms with E-state index >= 15 is 0 Å². The number of hydrogen-bond acceptors (Lipinski definition) is 1. The zero-order valence-electron chi connectivity index (χ0n) is 37.0. The first-order valence-electron chi connectivity index (χ1n) is 22.4. The highest BCUT2D eigenvalue weighted by Crippen LogP contribution is 2.47. The van der Waals surface area contributed by atoms with Gasteiger partial charge in [0.1, 0.15) is 0 Å². The van der Waals surface area contributed by atoms with Crippen molar-refractivity contribution in [3.05, 3.63) is 239 Å². The summed E-state index contributed by atoms with van der Waals surface area (Å²) in [6.07, 6.45) is 8.19. The average molecular weight is 812 g/mol. The molecule has 8 aromatic carbocycles. The number of fused-ring (bicyclic) bond motifs is 7. The number of allylic oxidation sites excluding steroid dienone is 5. The van der Waals surface area contributed by atoms with Gasteiger partial charge in [-0.05, 0) is 182 Å². The lowest BCUT2D eigenvalue weighted by molar-refractivity contribution is 0.869. The van der Waals surface area contributed by atoms with Crippen LogP contribution in [-0.2, 0) is 12.8 Å². The molecule has 0 amide bonds. The molecule has 63 heavy (non-hydrogen) atoms. The van der Waals surface area contributed by atoms with Crippen LogP contribution in [-0.4, -0.2) is 0 Å². The minimum Gasteiger partial charge on any atom is -0.310 e. The molecule has 8 aromatic rings. The number of benzene rings is 8. The topological polar surface area (TPSA) is 3.24 Å². The van der Waals surface area contributed by atoms with Crippen molar-refractivity contribution >= 4 is 22.6 Å². The maximum absolute atomic E-state index is 4.24. The fourth-order valence-corrected chi connectivity index (χ4v) is 10.3. The van der Waals surface area contributed by atoms with Crippen molar-refractivity contribution in [2.45, 2.75) is 53.4 Å². The summed E-state index contributed by atoms with van der Waals surface area (Å²) in [6.45, 7) is 15.4. The molecule has 0 saturated heterocycles. The summed E-state index contributed by atoms with van der Waals surface area (Å²) in [5, 5.41) is 0. The van der Waals surface area contributed by atoms with Crippen LogP contribution in [0.1, 0.15) is 65.6 Å². The van der Waals surface area contributed by atoms with Crippen LogP contribution in [0.5, 0.6) is 0 Å². The molecule has 0 saturated carbocycles. The second-order valence-corrected chi connectivity index (χ2v) is 17.5. The molecule has 0 spiro atoms. The third-order valence-electron chi connectivity index (χ3n) is 13.4. The molecule has 0 N–H and O–H groups in total. The standard InChI is InChI=1S/C62H53N/c1-7-16-45-36-47-19-14-24-60(62(47)57-23-15-22-56(42(57)6)53(45)8-2)46-27-32-58-48(37-46)38-49-39-52(31-34-59(49)58)63(50-28-25-44(26-29-50)43-17-10-9-11-18-43)51-30-33-55(41(5)35-51)61-21-13-12-20-54(61)40(3)4/h7-35,37,39-40H,2,36,38H2,1,3-6H3/b16-7-,53-45-. The Morgan fingerprint density at radius 3 is 1.84 bits per heavy atom. The summed E-state index contributed by atoms with van der Waals surface area (Å²) in [5.41, 5.74) is 28.1. The Labute approximate surface area is 374 Å². The SMILES string of the molecule is C=C/C1=C(\C=C/C)Cc2cccc(-c3ccc4c(c3)Cc3cc(N(c5ccc(-c6ccccc6)cc5)c5ccc(-c6ccccc6C(C)C)c(C)c5)ccc3-4)c2-c2cccc1c2C. The molecular formula is C62H53N. The first-order chi connectivity index (χ1) is 30.8. The van der Waals surface area contributed by atoms with Crippen LogP contribution < -0.4 is 4.90 Å². The molecule has 1 heteroatoms. The Balaban J connectivity index is 1.04. The van der Waals surface area contributed by atoms with Gasteiger partial charge in [-0.15, -0.1) is 0 Å². The lowest BCUT2D eigenvalue weighted by atomic mass is 9.80. The number of aryl methyl sites for hydroxylation is 1. The highest BCUT2D eigenvalue weighted by molar-refractivity contribution is 5.94. The molecule has 0 radical (unpaired) electrons. The van der Waals surface area contributed by atoms with Crippen molar-refractivity contribution in [2.75, 3.05) is 4.90 Å². The fourth-order valence-electron chi connectivity index (χ4n) is 10.3. The van der Waals surface area contributed by atoms with Crippen molar-refractivity contribution in [1.29, 1.82) is 0 Å². The van der Waals surface area contributed by atoms with Crippen molar-refractivity contribution in [1.82, 2.24) is 0 Å². The van der Waals surface area contributed by atoms with Gasteiger partial charge in [-0.25, -0.2) is 0 Å². The van der Waals surface area contributed by atoms with Crippen LogP contribution in [0.25, 0.3) is 61.2 Å². The summed E-state index contributed by atoms with van der Waals surface area (Å²) in [6, 6.07) is 63.4. The molecule has 0 unspecified atom stereocenters. The Morgan fingerprint density at radius 2 is 1.10 bits per heavy atom. The third-order valence-corrected chi connectivity index (χ3v) is 13.4. The largest absolute Gasteiger partial charge is 0.310 e. The molecule has 10 rings (SSSR count). The van der Waals surface area contributed by atoms with Crippen LogP contribution in [0, 0.1) is 13.8 Å². The Kier molecular flexibility index (Phi) is 10.5. The quantitative estimate of drug-likeness (QED) is 0.140. The second-order valence-electron chi connectivity index (χ2n) is 17.5. The van der Waals surface area contributed by atoms with E-state index in [-0.39, 0.29) is 0 Å². The van der Waals surface area contributed by atoms with E-state index in [1.165, 1.54) is 106 Å². The van der Waals surface area contributed by atoms with Crippen molar-refractivity contribution < 1.29 is 0 Å². The molecule has 0 aromatic heterocycles. The van der Waals surface area contributed by atoms with E-state index in [9.17, 15) is 0 Å². The Bertz CT molecular complexity index is 3120. The maximum Gasteiger partial charge on any atom is 0.0464 e. The van der Waals surface area contributed by atoms with Crippen LogP contribution in [0.4, 0.5) is 17.1 Å². The third kappa shape index (κ3) is 7.18. The molecule has 2 aliphatic carbocycles. The monoisotopic (exact) mass is 811 g/mol. The van der Waals surface area contributed by atoms with Gasteiger partial charge in [-0.2, -0.15) is 0 Å². The van der Waals surface area contributed by atoms with Crippen LogP contribution in [0.15, 0.2) is 200 Å². The minimum atomic E-state index is 0.440. The molecule has 2 aliphatic rings. The van der Waals surface area contributed by atoms with E-state index in [4.69, 9.17) is 0 Å². The minimum absolute atomic E-state index is 0.440. The van der Waals surface area contributed by atoms with Gasteiger partial charge in [-0.1, -0.05) is 172 Å². The van der Waals surface area contributed by atoms with Gasteiger partial charge < -0.3 is 4.90 Å². The molecule has 0 fully saturated rings. The van der Waals surface area contributed by atoms with Crippen molar-refractivity contribution in [3.8, 4) is 55.6 Å². The van der Waals surface area contributed by atoms with E-state index in [0.717, 1.165) is 29.9 Å². The van der Waals surface area contributed by atoms with E-state index < -0.39 is 0 Å². The summed E-state index contributed by atoms with van der Waals surface area (Å²) in [7, 11) is 0. The molecular weight excluding hydrogens is 759 g/mol. The lowest BCUT2D eigenvalue weighted by Crippen LogP contribution is -2.10. The first-order valence-corrected chi connectivity index (χ1v) is 22.4. The molecule has 1 nitrogen and oxygen atoms in total. The predicted molar refractivity (Wildman–Crippen MR) is 270 cm³/mol. The predicted octanol–water partition coefficient (Wildman–Crippen LogP) is 17.2. The number of hydrogen-bond donors (Lipinski definition) is 0. The Morgan fingerprint density at radius 1 is 0.492 bits per heavy atom. The smallest absolute Gasteiger partial charge is 0.0464 e. The number of nitrogens with zero attached hydrogens (tertiary/aromatic N) is 1. The molecule has 2 bridgehead atoms. The Hall–Kier alpha value is -7.22. The van der Waals surface area contributed by atoms with Crippen LogP contribution in [0.3, 0.4) is 0 Å². The fraction of sp³-hybridized carbons (Fsp3) is 0.129. The summed E-state index contributed by atoms with van der Waals surface area (Å²) >= 11 is 0. The maximum atomic E-state index is 4.24. The van der Waals surface area contributed by atoms with Crippen LogP contribution in [0.2, 0.25) is 0 Å². The normalized spacial score (nSPS) is 13.9. The second kappa shape index (κ2) is 16.6. The van der Waals surface area contributed by atoms with Gasteiger partial charge >= 0.3 is 0 Å². The summed E-state index contributed by atoms with van der Waals surface area (Å²) < 4.78 is 0. The zero-order chi connectivity index (χ0) is 43.2. The van der Waals surface area contributed by atoms with E-state index in [1.807, 2.05) is 6.08 Å².